The SMILES string of the molecule is Cc1nc(N[C@H](C)c2cccc(C(F)F)c2F)c(C2OCCO2)c(C(C(O)NC2(CF)CC2)N2CCN(C(=O)OC(C)(C)C)CC2)n1. The topological polar surface area (TPSA) is 121 Å². The number of amides is 1. The zero-order valence-corrected chi connectivity index (χ0v) is 27.4. The molecule has 1 aromatic heterocycles. The minimum atomic E-state index is -2.99. The second-order valence-corrected chi connectivity index (χ2v) is 13.4. The van der Waals surface area contributed by atoms with Crippen molar-refractivity contribution in [1.82, 2.24) is 25.1 Å². The van der Waals surface area contributed by atoms with Gasteiger partial charge in [0.1, 0.15) is 36.0 Å². The molecule has 47 heavy (non-hydrogen) atoms. The van der Waals surface area contributed by atoms with Crippen molar-refractivity contribution in [1.29, 1.82) is 0 Å². The Labute approximate surface area is 272 Å². The van der Waals surface area contributed by atoms with Crippen molar-refractivity contribution < 1.29 is 41.7 Å². The Morgan fingerprint density at radius 1 is 1.13 bits per heavy atom. The summed E-state index contributed by atoms with van der Waals surface area (Å²) in [5.41, 5.74) is -1.55. The molecular formula is C32H44F4N6O5. The van der Waals surface area contributed by atoms with Crippen LogP contribution in [0.1, 0.15) is 93.5 Å². The molecule has 3 heterocycles. The molecule has 3 atom stereocenters. The Morgan fingerprint density at radius 3 is 2.34 bits per heavy atom. The third-order valence-electron chi connectivity index (χ3n) is 8.56. The number of aliphatic hydroxyl groups excluding tert-OH is 1. The summed E-state index contributed by atoms with van der Waals surface area (Å²) >= 11 is 0. The average Bonchev–Trinajstić information content (AvgIpc) is 3.56. The number of hydrogen-bond donors (Lipinski definition) is 3. The zero-order chi connectivity index (χ0) is 34.1. The molecule has 5 rings (SSSR count). The number of anilines is 1. The van der Waals surface area contributed by atoms with Gasteiger partial charge in [-0.15, -0.1) is 0 Å². The van der Waals surface area contributed by atoms with Gasteiger partial charge in [-0.3, -0.25) is 10.2 Å². The number of halogens is 4. The maximum atomic E-state index is 15.2. The van der Waals surface area contributed by atoms with E-state index in [2.05, 4.69) is 15.6 Å². The highest BCUT2D eigenvalue weighted by Crippen LogP contribution is 2.41. The van der Waals surface area contributed by atoms with Gasteiger partial charge in [-0.1, -0.05) is 18.2 Å². The van der Waals surface area contributed by atoms with E-state index in [1.165, 1.54) is 12.1 Å². The lowest BCUT2D eigenvalue weighted by atomic mass is 10.00. The molecule has 1 amide bonds. The number of aliphatic hydroxyl groups is 1. The third kappa shape index (κ3) is 8.13. The number of benzene rings is 1. The quantitative estimate of drug-likeness (QED) is 0.221. The van der Waals surface area contributed by atoms with E-state index in [0.717, 1.165) is 6.07 Å². The number of aromatic nitrogens is 2. The lowest BCUT2D eigenvalue weighted by Gasteiger charge is -2.42. The van der Waals surface area contributed by atoms with Crippen molar-refractivity contribution in [2.45, 2.75) is 89.6 Å². The van der Waals surface area contributed by atoms with Crippen LogP contribution >= 0.6 is 0 Å². The van der Waals surface area contributed by atoms with E-state index in [1.54, 1.807) is 39.5 Å². The van der Waals surface area contributed by atoms with E-state index in [1.807, 2.05) is 4.90 Å². The molecule has 1 aromatic carbocycles. The van der Waals surface area contributed by atoms with Crippen molar-refractivity contribution in [3.05, 3.63) is 52.2 Å². The second-order valence-electron chi connectivity index (χ2n) is 13.4. The van der Waals surface area contributed by atoms with Crippen LogP contribution in [0.2, 0.25) is 0 Å². The van der Waals surface area contributed by atoms with E-state index < -0.39 is 66.3 Å². The van der Waals surface area contributed by atoms with Crippen molar-refractivity contribution >= 4 is 11.9 Å². The summed E-state index contributed by atoms with van der Waals surface area (Å²) in [6.45, 7) is 9.75. The minimum Gasteiger partial charge on any atom is -0.444 e. The highest BCUT2D eigenvalue weighted by molar-refractivity contribution is 5.68. The predicted octanol–water partition coefficient (Wildman–Crippen LogP) is 5.08. The van der Waals surface area contributed by atoms with Gasteiger partial charge in [0, 0.05) is 37.3 Å². The van der Waals surface area contributed by atoms with Gasteiger partial charge >= 0.3 is 6.09 Å². The molecule has 2 aliphatic heterocycles. The molecule has 260 valence electrons. The Kier molecular flexibility index (Phi) is 10.6. The van der Waals surface area contributed by atoms with Gasteiger partial charge in [-0.2, -0.15) is 0 Å². The normalized spacial score (nSPS) is 20.7. The predicted molar refractivity (Wildman–Crippen MR) is 164 cm³/mol. The number of rotatable bonds is 11. The maximum absolute atomic E-state index is 15.2. The van der Waals surface area contributed by atoms with Gasteiger partial charge < -0.3 is 29.5 Å². The fourth-order valence-electron chi connectivity index (χ4n) is 5.94. The number of nitrogens with zero attached hydrogens (tertiary/aromatic N) is 4. The van der Waals surface area contributed by atoms with Gasteiger partial charge in [0.25, 0.3) is 6.43 Å². The van der Waals surface area contributed by atoms with Gasteiger partial charge in [-0.25, -0.2) is 32.3 Å². The number of hydrogen-bond acceptors (Lipinski definition) is 10. The van der Waals surface area contributed by atoms with Gasteiger partial charge in [0.15, 0.2) is 6.29 Å². The molecule has 11 nitrogen and oxygen atoms in total. The molecule has 3 N–H and O–H groups in total. The fraction of sp³-hybridized carbons (Fsp3) is 0.656. The summed E-state index contributed by atoms with van der Waals surface area (Å²) < 4.78 is 73.6. The van der Waals surface area contributed by atoms with E-state index in [9.17, 15) is 23.1 Å². The molecule has 0 radical (unpaired) electrons. The first kappa shape index (κ1) is 35.2. The fourth-order valence-corrected chi connectivity index (χ4v) is 5.94. The number of ether oxygens (including phenoxy) is 3. The first-order valence-corrected chi connectivity index (χ1v) is 15.9. The summed E-state index contributed by atoms with van der Waals surface area (Å²) in [4.78, 5) is 25.7. The zero-order valence-electron chi connectivity index (χ0n) is 27.4. The molecule has 1 saturated carbocycles. The Hall–Kier alpha value is -3.11. The molecule has 0 bridgehead atoms. The number of carbonyl (C=O) groups is 1. The number of piperazine rings is 1. The molecule has 2 saturated heterocycles. The molecule has 15 heteroatoms. The maximum Gasteiger partial charge on any atom is 0.410 e. The largest absolute Gasteiger partial charge is 0.444 e. The van der Waals surface area contributed by atoms with E-state index in [0.29, 0.717) is 56.1 Å². The molecular weight excluding hydrogens is 624 g/mol. The van der Waals surface area contributed by atoms with Crippen molar-refractivity contribution in [2.24, 2.45) is 0 Å². The van der Waals surface area contributed by atoms with Crippen LogP contribution in [0.4, 0.5) is 28.2 Å². The summed E-state index contributed by atoms with van der Waals surface area (Å²) in [5, 5.41) is 18.0. The number of alkyl halides is 3. The molecule has 2 unspecified atom stereocenters. The number of carbonyl (C=O) groups excluding carboxylic acids is 1. The second kappa shape index (κ2) is 14.2. The van der Waals surface area contributed by atoms with Crippen molar-refractivity contribution in [3.8, 4) is 0 Å². The first-order valence-electron chi connectivity index (χ1n) is 15.9. The molecule has 3 aliphatic rings. The van der Waals surface area contributed by atoms with E-state index in [4.69, 9.17) is 19.2 Å². The molecule has 3 fully saturated rings. The van der Waals surface area contributed by atoms with Crippen LogP contribution in [0.3, 0.4) is 0 Å². The van der Waals surface area contributed by atoms with Crippen LogP contribution in [0.5, 0.6) is 0 Å². The number of aryl methyl sites for hydroxylation is 1. The average molecular weight is 669 g/mol. The van der Waals surface area contributed by atoms with Crippen molar-refractivity contribution in [3.63, 3.8) is 0 Å². The van der Waals surface area contributed by atoms with E-state index >= 15 is 4.39 Å². The van der Waals surface area contributed by atoms with Crippen LogP contribution in [0.15, 0.2) is 18.2 Å². The van der Waals surface area contributed by atoms with Gasteiger partial charge in [0.05, 0.1) is 42.1 Å². The smallest absolute Gasteiger partial charge is 0.410 e. The highest BCUT2D eigenvalue weighted by atomic mass is 19.3. The Bertz CT molecular complexity index is 1410. The van der Waals surface area contributed by atoms with Gasteiger partial charge in [0.2, 0.25) is 0 Å². The summed E-state index contributed by atoms with van der Waals surface area (Å²) in [6.07, 6.45) is -4.60. The Morgan fingerprint density at radius 2 is 1.77 bits per heavy atom. The molecule has 2 aromatic rings. The van der Waals surface area contributed by atoms with Crippen LogP contribution in [-0.4, -0.2) is 94.4 Å². The van der Waals surface area contributed by atoms with Crippen LogP contribution in [-0.2, 0) is 14.2 Å². The van der Waals surface area contributed by atoms with Crippen LogP contribution in [0, 0.1) is 12.7 Å². The summed E-state index contributed by atoms with van der Waals surface area (Å²) in [5.74, 6) is -0.510. The van der Waals surface area contributed by atoms with Gasteiger partial charge in [-0.05, 0) is 47.5 Å². The third-order valence-corrected chi connectivity index (χ3v) is 8.56. The summed E-state index contributed by atoms with van der Waals surface area (Å²) in [7, 11) is 0. The lowest BCUT2D eigenvalue weighted by Crippen LogP contribution is -2.56. The monoisotopic (exact) mass is 668 g/mol. The minimum absolute atomic E-state index is 0.00922. The molecule has 0 spiro atoms. The lowest BCUT2D eigenvalue weighted by molar-refractivity contribution is -0.0500. The first-order chi connectivity index (χ1) is 22.2. The molecule has 1 aliphatic carbocycles. The van der Waals surface area contributed by atoms with Crippen LogP contribution < -0.4 is 10.6 Å². The highest BCUT2D eigenvalue weighted by Gasteiger charge is 2.47. The van der Waals surface area contributed by atoms with Crippen LogP contribution in [0.25, 0.3) is 0 Å². The van der Waals surface area contributed by atoms with E-state index in [-0.39, 0.29) is 24.6 Å². The van der Waals surface area contributed by atoms with Crippen molar-refractivity contribution in [2.75, 3.05) is 51.4 Å². The summed E-state index contributed by atoms with van der Waals surface area (Å²) in [6, 6.07) is 2.13. The number of nitrogens with one attached hydrogen (secondary N) is 2. The standard InChI is InChI=1S/C32H44F4N6O5/c1-18(20-7-6-8-21(23(20)34)26(35)36)37-27-22(29-45-15-16-46-29)24(38-19(2)39-27)25(28(43)40-32(17-33)9-10-32)41-11-13-42(14-12-41)30(44)47-31(3,4)5/h6-8,18,25-26,28-29,40,43H,9-17H2,1-5H3,(H,37,38,39)/t18-,25?,28?/m1/s1. The Balaban J connectivity index is 1.52.